The lowest BCUT2D eigenvalue weighted by molar-refractivity contribution is -0.140. The number of fused-ring (bicyclic) bond motifs is 2. The number of primary amides is 1. The number of benzene rings is 5. The van der Waals surface area contributed by atoms with Gasteiger partial charge in [0.2, 0.25) is 0 Å². The van der Waals surface area contributed by atoms with E-state index in [1.807, 2.05) is 19.9 Å². The van der Waals surface area contributed by atoms with Crippen molar-refractivity contribution in [1.29, 1.82) is 0 Å². The third-order valence-electron chi connectivity index (χ3n) is 10.3. The van der Waals surface area contributed by atoms with Crippen LogP contribution in [0.4, 0.5) is 38.0 Å². The van der Waals surface area contributed by atoms with Crippen molar-refractivity contribution in [1.82, 2.24) is 4.90 Å². The second kappa shape index (κ2) is 17.4. The van der Waals surface area contributed by atoms with Crippen LogP contribution in [-0.4, -0.2) is 78.1 Å². The molecular weight excluding hydrogens is 873 g/mol. The van der Waals surface area contributed by atoms with Crippen molar-refractivity contribution < 1.29 is 59.7 Å². The first-order valence-electron chi connectivity index (χ1n) is 19.0. The second-order valence-corrected chi connectivity index (χ2v) is 17.8. The minimum absolute atomic E-state index is 0.00877. The number of nitrogens with one attached hydrogen (secondary N) is 3. The standard InChI is InChI=1S/C43H42N6O13S2/c1-20-13-22(3)40(47-42(44)54)24(5)38(20)45-26-11-12-27-31(15-26)62-32-17-30(34(64(59,60)61)16-29(32)37(27)28-9-7-8-10-33(28)63(56,57)58)46-39-21(2)14-23(4)41(25(39)6)48-43(55)49(18-35(50)51)19-36(52)53/h7-17,45H,18-19H2,1-6H3,(H,48,55)(H,50,51)(H,52,53)(H3,44,47,54)(H,56,57,58)(H,59,60,61)/b46-30-. The summed E-state index contributed by atoms with van der Waals surface area (Å²) in [5, 5.41) is 27.0. The maximum atomic E-state index is 13.2. The van der Waals surface area contributed by atoms with Crippen LogP contribution in [0, 0.1) is 41.5 Å². The molecule has 9 N–H and O–H groups in total. The molecule has 0 unspecified atom stereocenters. The molecule has 0 saturated carbocycles. The van der Waals surface area contributed by atoms with E-state index in [0.29, 0.717) is 38.7 Å². The number of anilines is 4. The predicted octanol–water partition coefficient (Wildman–Crippen LogP) is 7.02. The van der Waals surface area contributed by atoms with Gasteiger partial charge in [-0.05, 0) is 99.2 Å². The van der Waals surface area contributed by atoms with Crippen LogP contribution in [0.5, 0.6) is 0 Å². The van der Waals surface area contributed by atoms with E-state index in [-0.39, 0.29) is 55.7 Å². The largest absolute Gasteiger partial charge is 0.480 e. The minimum Gasteiger partial charge on any atom is -0.480 e. The Kier molecular flexibility index (Phi) is 12.6. The number of urea groups is 2. The number of aryl methyl sites for hydroxylation is 4. The maximum absolute atomic E-state index is 13.2. The quantitative estimate of drug-likeness (QED) is 0.0452. The van der Waals surface area contributed by atoms with Gasteiger partial charge in [-0.15, -0.1) is 0 Å². The second-order valence-electron chi connectivity index (χ2n) is 15.0. The summed E-state index contributed by atoms with van der Waals surface area (Å²) in [6.45, 7) is 8.40. The van der Waals surface area contributed by atoms with E-state index in [9.17, 15) is 55.3 Å². The van der Waals surface area contributed by atoms with Gasteiger partial charge in [0.15, 0.2) is 0 Å². The topological polar surface area (TPSA) is 308 Å². The predicted molar refractivity (Wildman–Crippen MR) is 237 cm³/mol. The number of amides is 4. The Balaban J connectivity index is 1.64. The molecule has 0 aromatic heterocycles. The Morgan fingerprint density at radius 3 is 1.86 bits per heavy atom. The van der Waals surface area contributed by atoms with Crippen molar-refractivity contribution >= 4 is 83.6 Å². The van der Waals surface area contributed by atoms with Gasteiger partial charge < -0.3 is 41.2 Å². The fraction of sp³-hybridized carbons (Fsp3) is 0.186. The summed E-state index contributed by atoms with van der Waals surface area (Å²) < 4.78 is 79.5. The summed E-state index contributed by atoms with van der Waals surface area (Å²) in [5.41, 5.74) is 10.9. The summed E-state index contributed by atoms with van der Waals surface area (Å²) in [4.78, 5) is 51.8. The average molecular weight is 915 g/mol. The monoisotopic (exact) mass is 914 g/mol. The average Bonchev–Trinajstić information content (AvgIpc) is 3.18. The molecule has 0 saturated heterocycles. The zero-order valence-corrected chi connectivity index (χ0v) is 36.6. The number of nitrogens with two attached hydrogens (primary N) is 1. The number of rotatable bonds is 12. The zero-order chi connectivity index (χ0) is 47.2. The highest BCUT2D eigenvalue weighted by molar-refractivity contribution is 7.86. The lowest BCUT2D eigenvalue weighted by Crippen LogP contribution is -2.42. The summed E-state index contributed by atoms with van der Waals surface area (Å²) >= 11 is 0. The van der Waals surface area contributed by atoms with Crippen molar-refractivity contribution in [3.8, 4) is 22.5 Å². The van der Waals surface area contributed by atoms with E-state index >= 15 is 0 Å². The molecule has 0 spiro atoms. The van der Waals surface area contributed by atoms with E-state index < -0.39 is 67.1 Å². The Bertz CT molecular complexity index is 3220. The Labute approximate surface area is 366 Å². The smallest absolute Gasteiger partial charge is 0.323 e. The van der Waals surface area contributed by atoms with Gasteiger partial charge in [0.05, 0.1) is 22.4 Å². The highest BCUT2D eigenvalue weighted by Gasteiger charge is 2.28. The Hall–Kier alpha value is -7.33. The molecule has 2 aliphatic rings. The van der Waals surface area contributed by atoms with Crippen molar-refractivity contribution in [2.75, 3.05) is 29.0 Å². The molecule has 1 aliphatic heterocycles. The zero-order valence-electron chi connectivity index (χ0n) is 35.0. The van der Waals surface area contributed by atoms with Gasteiger partial charge in [0, 0.05) is 45.6 Å². The molecule has 0 radical (unpaired) electrons. The van der Waals surface area contributed by atoms with Crippen molar-refractivity contribution in [2.24, 2.45) is 10.7 Å². The highest BCUT2D eigenvalue weighted by atomic mass is 32.2. The number of hydrogen-bond donors (Lipinski definition) is 8. The van der Waals surface area contributed by atoms with Gasteiger partial charge in [-0.3, -0.25) is 18.7 Å². The lowest BCUT2D eigenvalue weighted by atomic mass is 9.93. The van der Waals surface area contributed by atoms with Gasteiger partial charge in [0.25, 0.3) is 20.2 Å². The van der Waals surface area contributed by atoms with E-state index in [1.54, 1.807) is 45.0 Å². The molecular formula is C43H42N6O13S2. The highest BCUT2D eigenvalue weighted by Crippen LogP contribution is 2.44. The van der Waals surface area contributed by atoms with Crippen LogP contribution in [0.3, 0.4) is 0 Å². The van der Waals surface area contributed by atoms with Gasteiger partial charge in [-0.2, -0.15) is 16.8 Å². The SMILES string of the molecule is Cc1cc(C)c(NC(=O)N(CC(=O)O)CC(=O)O)c(C)c1/N=c1/cc2oc3cc(Nc4c(C)cc(C)c(NC(N)=O)c4C)ccc3c(-c3ccccc3S(=O)(=O)O)c-2cc1S(=O)(=O)O. The molecule has 4 aromatic carbocycles. The number of carbonyl (C=O) groups is 4. The molecule has 334 valence electrons. The van der Waals surface area contributed by atoms with Crippen LogP contribution in [0.1, 0.15) is 33.4 Å². The van der Waals surface area contributed by atoms with Crippen molar-refractivity contribution in [3.63, 3.8) is 0 Å². The number of carboxylic acids is 2. The molecule has 64 heavy (non-hydrogen) atoms. The normalized spacial score (nSPS) is 12.0. The number of aliphatic carboxylic acids is 2. The molecule has 0 fully saturated rings. The summed E-state index contributed by atoms with van der Waals surface area (Å²) in [6.07, 6.45) is 0. The summed E-state index contributed by atoms with van der Waals surface area (Å²) in [5.74, 6) is -2.97. The van der Waals surface area contributed by atoms with E-state index in [1.165, 1.54) is 37.3 Å². The minimum atomic E-state index is -5.13. The number of nitrogens with zero attached hydrogens (tertiary/aromatic N) is 2. The van der Waals surface area contributed by atoms with E-state index in [2.05, 4.69) is 20.9 Å². The molecule has 0 atom stereocenters. The molecule has 4 amide bonds. The van der Waals surface area contributed by atoms with Crippen molar-refractivity contribution in [3.05, 3.63) is 105 Å². The Morgan fingerprint density at radius 2 is 1.27 bits per heavy atom. The summed E-state index contributed by atoms with van der Waals surface area (Å²) in [7, 11) is -10.0. The first-order chi connectivity index (χ1) is 29.8. The molecule has 1 aliphatic carbocycles. The van der Waals surface area contributed by atoms with E-state index in [4.69, 9.17) is 10.2 Å². The van der Waals surface area contributed by atoms with Crippen LogP contribution in [0.25, 0.3) is 33.4 Å². The van der Waals surface area contributed by atoms with Crippen LogP contribution >= 0.6 is 0 Å². The van der Waals surface area contributed by atoms with Gasteiger partial charge >= 0.3 is 24.0 Å². The fourth-order valence-corrected chi connectivity index (χ4v) is 9.01. The first kappa shape index (κ1) is 46.2. The fourth-order valence-electron chi connectivity index (χ4n) is 7.68. The van der Waals surface area contributed by atoms with E-state index in [0.717, 1.165) is 17.2 Å². The van der Waals surface area contributed by atoms with Crippen LogP contribution < -0.4 is 27.0 Å². The molecule has 21 heteroatoms. The number of carbonyl (C=O) groups excluding carboxylic acids is 2. The van der Waals surface area contributed by atoms with Crippen LogP contribution in [0.15, 0.2) is 85.9 Å². The van der Waals surface area contributed by atoms with Crippen LogP contribution in [-0.2, 0) is 29.8 Å². The lowest BCUT2D eigenvalue weighted by Gasteiger charge is -2.22. The van der Waals surface area contributed by atoms with Crippen LogP contribution in [0.2, 0.25) is 0 Å². The summed E-state index contributed by atoms with van der Waals surface area (Å²) in [6, 6.07) is 14.2. The molecule has 19 nitrogen and oxygen atoms in total. The molecule has 4 aromatic rings. The van der Waals surface area contributed by atoms with Gasteiger partial charge in [0.1, 0.15) is 34.2 Å². The molecule has 1 heterocycles. The number of hydrogen-bond acceptors (Lipinski definition) is 11. The molecule has 6 rings (SSSR count). The number of carboxylic acid groups (broad SMARTS) is 2. The Morgan fingerprint density at radius 1 is 0.688 bits per heavy atom. The van der Waals surface area contributed by atoms with Gasteiger partial charge in [-0.25, -0.2) is 14.6 Å². The molecule has 0 bridgehead atoms. The first-order valence-corrected chi connectivity index (χ1v) is 21.9. The van der Waals surface area contributed by atoms with Crippen molar-refractivity contribution in [2.45, 2.75) is 51.3 Å². The maximum Gasteiger partial charge on any atom is 0.323 e. The third kappa shape index (κ3) is 9.51. The van der Waals surface area contributed by atoms with Gasteiger partial charge in [-0.1, -0.05) is 30.3 Å². The third-order valence-corrected chi connectivity index (χ3v) is 12.1.